The number of phenolic OH excluding ortho intramolecular Hbond substituents is 1. The van der Waals surface area contributed by atoms with Gasteiger partial charge in [-0.1, -0.05) is 12.1 Å². The number of carbonyl (C=O) groups is 4. The van der Waals surface area contributed by atoms with Crippen molar-refractivity contribution in [1.29, 1.82) is 0 Å². The van der Waals surface area contributed by atoms with Gasteiger partial charge in [-0.15, -0.1) is 0 Å². The minimum absolute atomic E-state index is 0.0213. The van der Waals surface area contributed by atoms with E-state index in [2.05, 4.69) is 0 Å². The van der Waals surface area contributed by atoms with E-state index in [0.717, 1.165) is 0 Å². The van der Waals surface area contributed by atoms with E-state index in [4.69, 9.17) is 5.73 Å². The molecule has 0 aliphatic heterocycles. The second-order valence-corrected chi connectivity index (χ2v) is 8.78. The van der Waals surface area contributed by atoms with Crippen LogP contribution in [-0.4, -0.2) is 75.3 Å². The highest BCUT2D eigenvalue weighted by Gasteiger charge is 2.69. The Morgan fingerprint density at radius 1 is 1.20 bits per heavy atom. The van der Waals surface area contributed by atoms with Crippen LogP contribution in [0.1, 0.15) is 22.3 Å². The van der Waals surface area contributed by atoms with Gasteiger partial charge in [0.1, 0.15) is 11.7 Å². The monoisotopic (exact) mass is 416 g/mol. The number of ketones is 3. The summed E-state index contributed by atoms with van der Waals surface area (Å²) in [6.45, 7) is 0. The zero-order chi connectivity index (χ0) is 22.1. The van der Waals surface area contributed by atoms with Crippen molar-refractivity contribution in [3.05, 3.63) is 29.3 Å². The number of primary amides is 1. The molecule has 6 unspecified atom stereocenters. The lowest BCUT2D eigenvalue weighted by Gasteiger charge is -2.54. The number of carbonyl (C=O) groups excluding carboxylic acids is 4. The van der Waals surface area contributed by atoms with Gasteiger partial charge in [0, 0.05) is 12.0 Å². The predicted octanol–water partition coefficient (Wildman–Crippen LogP) is -1.34. The lowest BCUT2D eigenvalue weighted by Crippen LogP contribution is -2.75. The van der Waals surface area contributed by atoms with Gasteiger partial charge in [-0.25, -0.2) is 0 Å². The molecule has 3 aliphatic rings. The number of hydrogen-bond donors (Lipinski definition) is 4. The zero-order valence-electron chi connectivity index (χ0n) is 16.6. The number of phenols is 1. The summed E-state index contributed by atoms with van der Waals surface area (Å²) in [6.07, 6.45) is -1.07. The maximum atomic E-state index is 13.5. The first kappa shape index (κ1) is 20.6. The predicted molar refractivity (Wildman–Crippen MR) is 102 cm³/mol. The third-order valence-electron chi connectivity index (χ3n) is 7.03. The second-order valence-electron chi connectivity index (χ2n) is 8.78. The van der Waals surface area contributed by atoms with E-state index in [-0.39, 0.29) is 17.7 Å². The number of Topliss-reactive ketones (excluding diaryl/α,β-unsaturated/α-hetero) is 3. The Labute approximate surface area is 172 Å². The highest BCUT2D eigenvalue weighted by molar-refractivity contribution is 6.25. The molecule has 1 aromatic rings. The molecule has 0 bridgehead atoms. The van der Waals surface area contributed by atoms with Crippen molar-refractivity contribution in [2.75, 3.05) is 14.1 Å². The topological polar surface area (TPSA) is 158 Å². The molecule has 30 heavy (non-hydrogen) atoms. The smallest absolute Gasteiger partial charge is 0.230 e. The van der Waals surface area contributed by atoms with Crippen molar-refractivity contribution in [3.8, 4) is 5.75 Å². The van der Waals surface area contributed by atoms with Gasteiger partial charge >= 0.3 is 0 Å². The molecule has 0 radical (unpaired) electrons. The van der Waals surface area contributed by atoms with Crippen LogP contribution in [0.25, 0.3) is 0 Å². The fraction of sp³-hybridized carbons (Fsp3) is 0.524. The van der Waals surface area contributed by atoms with E-state index < -0.39 is 64.7 Å². The van der Waals surface area contributed by atoms with E-state index in [0.29, 0.717) is 12.0 Å². The molecule has 0 spiro atoms. The summed E-state index contributed by atoms with van der Waals surface area (Å²) in [5, 5.41) is 32.3. The van der Waals surface area contributed by atoms with Crippen LogP contribution in [0.4, 0.5) is 0 Å². The molecule has 1 aromatic carbocycles. The zero-order valence-corrected chi connectivity index (χ0v) is 16.6. The Kier molecular flexibility index (Phi) is 4.61. The number of nitrogens with zero attached hydrogens (tertiary/aromatic N) is 1. The molecule has 9 heteroatoms. The van der Waals surface area contributed by atoms with E-state index in [1.165, 1.54) is 6.07 Å². The van der Waals surface area contributed by atoms with Gasteiger partial charge in [-0.05, 0) is 44.5 Å². The standard InChI is InChI=1S/C21H24N2O7/c1-23(2)15-10-7-9-6-8-4-3-5-11(24)12(8)16(25)13(9)18(27)21(10,30)19(28)14(17(15)26)20(22)29/h3-5,9-10,13-15,17,24,26,30H,6-7H2,1-2H3,(H2,22,29)/t9?,10?,13?,14?,15?,17?,21-/m0/s1. The highest BCUT2D eigenvalue weighted by Crippen LogP contribution is 2.51. The van der Waals surface area contributed by atoms with Gasteiger partial charge < -0.3 is 26.0 Å². The van der Waals surface area contributed by atoms with Crippen molar-refractivity contribution >= 4 is 23.3 Å². The first-order valence-corrected chi connectivity index (χ1v) is 9.81. The molecule has 0 saturated heterocycles. The van der Waals surface area contributed by atoms with Crippen molar-refractivity contribution in [3.63, 3.8) is 0 Å². The molecular formula is C21H24N2O7. The third-order valence-corrected chi connectivity index (χ3v) is 7.03. The van der Waals surface area contributed by atoms with Crippen LogP contribution in [0.3, 0.4) is 0 Å². The Morgan fingerprint density at radius 3 is 2.47 bits per heavy atom. The van der Waals surface area contributed by atoms with Gasteiger partial charge in [-0.2, -0.15) is 0 Å². The molecule has 2 saturated carbocycles. The first-order chi connectivity index (χ1) is 14.0. The Balaban J connectivity index is 1.86. The summed E-state index contributed by atoms with van der Waals surface area (Å²) in [6, 6.07) is 3.75. The fourth-order valence-corrected chi connectivity index (χ4v) is 5.76. The van der Waals surface area contributed by atoms with Crippen LogP contribution in [0, 0.1) is 23.7 Å². The lowest BCUT2D eigenvalue weighted by molar-refractivity contribution is -0.190. The van der Waals surface area contributed by atoms with Gasteiger partial charge in [-0.3, -0.25) is 19.2 Å². The average Bonchev–Trinajstić information content (AvgIpc) is 2.64. The summed E-state index contributed by atoms with van der Waals surface area (Å²) in [4.78, 5) is 53.2. The number of fused-ring (bicyclic) bond motifs is 3. The van der Waals surface area contributed by atoms with Crippen molar-refractivity contribution in [1.82, 2.24) is 4.90 Å². The molecule has 0 aromatic heterocycles. The molecular weight excluding hydrogens is 392 g/mol. The quantitative estimate of drug-likeness (QED) is 0.431. The number of likely N-dealkylation sites (N-methyl/N-ethyl adjacent to an activating group) is 1. The normalized spacial score (nSPS) is 38.1. The van der Waals surface area contributed by atoms with Crippen LogP contribution in [0.15, 0.2) is 18.2 Å². The van der Waals surface area contributed by atoms with Crippen molar-refractivity contribution in [2.45, 2.75) is 30.6 Å². The molecule has 3 aliphatic carbocycles. The fourth-order valence-electron chi connectivity index (χ4n) is 5.76. The minimum Gasteiger partial charge on any atom is -0.507 e. The number of rotatable bonds is 2. The van der Waals surface area contributed by atoms with Crippen LogP contribution in [0.2, 0.25) is 0 Å². The number of hydrogen-bond acceptors (Lipinski definition) is 8. The average molecular weight is 416 g/mol. The van der Waals surface area contributed by atoms with Crippen LogP contribution >= 0.6 is 0 Å². The first-order valence-electron chi connectivity index (χ1n) is 9.81. The number of aromatic hydroxyl groups is 1. The minimum atomic E-state index is -2.62. The number of amides is 1. The number of aliphatic hydroxyl groups is 2. The summed E-state index contributed by atoms with van der Waals surface area (Å²) in [5.74, 6) is -8.79. The van der Waals surface area contributed by atoms with Gasteiger partial charge in [0.05, 0.1) is 17.6 Å². The van der Waals surface area contributed by atoms with Gasteiger partial charge in [0.25, 0.3) is 0 Å². The highest BCUT2D eigenvalue weighted by atomic mass is 16.3. The maximum absolute atomic E-state index is 13.5. The van der Waals surface area contributed by atoms with Crippen molar-refractivity contribution in [2.24, 2.45) is 29.4 Å². The molecule has 5 N–H and O–H groups in total. The van der Waals surface area contributed by atoms with Crippen LogP contribution in [-0.2, 0) is 20.8 Å². The summed E-state index contributed by atoms with van der Waals surface area (Å²) in [5.41, 5.74) is 3.32. The molecule has 1 amide bonds. The Hall–Kier alpha value is -2.62. The molecule has 9 nitrogen and oxygen atoms in total. The van der Waals surface area contributed by atoms with Gasteiger partial charge in [0.15, 0.2) is 23.0 Å². The number of nitrogens with two attached hydrogens (primary N) is 1. The molecule has 0 heterocycles. The summed E-state index contributed by atoms with van der Waals surface area (Å²) >= 11 is 0. The molecule has 160 valence electrons. The summed E-state index contributed by atoms with van der Waals surface area (Å²) < 4.78 is 0. The van der Waals surface area contributed by atoms with Crippen LogP contribution < -0.4 is 5.73 Å². The molecule has 2 fully saturated rings. The molecule has 4 rings (SSSR count). The van der Waals surface area contributed by atoms with E-state index in [9.17, 15) is 34.5 Å². The largest absolute Gasteiger partial charge is 0.507 e. The molecule has 7 atom stereocenters. The van der Waals surface area contributed by atoms with Crippen molar-refractivity contribution < 1.29 is 34.5 Å². The number of aliphatic hydroxyl groups excluding tert-OH is 1. The summed E-state index contributed by atoms with van der Waals surface area (Å²) in [7, 11) is 3.22. The van der Waals surface area contributed by atoms with E-state index in [1.807, 2.05) is 0 Å². The third kappa shape index (κ3) is 2.52. The maximum Gasteiger partial charge on any atom is 0.230 e. The SMILES string of the molecule is CN(C)C1C(O)C(C(N)=O)C(=O)[C@@]2(O)C(=O)C3C(=O)c4c(O)cccc4CC3CC12. The van der Waals surface area contributed by atoms with E-state index >= 15 is 0 Å². The van der Waals surface area contributed by atoms with E-state index in [1.54, 1.807) is 31.1 Å². The lowest BCUT2D eigenvalue weighted by atomic mass is 9.52. The Bertz CT molecular complexity index is 974. The second kappa shape index (κ2) is 6.69. The van der Waals surface area contributed by atoms with Gasteiger partial charge in [0.2, 0.25) is 5.91 Å². The Morgan fingerprint density at radius 2 is 1.87 bits per heavy atom. The number of benzene rings is 1. The van der Waals surface area contributed by atoms with Crippen LogP contribution in [0.5, 0.6) is 5.75 Å².